The zero-order chi connectivity index (χ0) is 22.4. The maximum absolute atomic E-state index is 12.5. The number of rotatable bonds is 8. The standard InChI is InChI=1S/C22H23N3O5S/c1-25-14-21(30-15-17-5-3-2-4-6-17)20(26)13-19(25)22(27)24-12-11-16-7-9-18(10-8-16)31(23,28)29/h2-10,13-14H,11-12,15H2,1H3,(H,24,27)(H2,23,28,29). The average Bonchev–Trinajstić information content (AvgIpc) is 2.74. The van der Waals surface area contributed by atoms with Crippen LogP contribution in [0.4, 0.5) is 0 Å². The van der Waals surface area contributed by atoms with Crippen molar-refractivity contribution in [2.45, 2.75) is 17.9 Å². The molecular weight excluding hydrogens is 418 g/mol. The summed E-state index contributed by atoms with van der Waals surface area (Å²) in [6.45, 7) is 0.569. The minimum absolute atomic E-state index is 0.0323. The summed E-state index contributed by atoms with van der Waals surface area (Å²) >= 11 is 0. The van der Waals surface area contributed by atoms with Crippen molar-refractivity contribution >= 4 is 15.9 Å². The van der Waals surface area contributed by atoms with E-state index in [0.717, 1.165) is 11.1 Å². The Morgan fingerprint density at radius 1 is 1.06 bits per heavy atom. The number of nitrogens with zero attached hydrogens (tertiary/aromatic N) is 1. The SMILES string of the molecule is Cn1cc(OCc2ccccc2)c(=O)cc1C(=O)NCCc1ccc(S(N)(=O)=O)cc1. The van der Waals surface area contributed by atoms with E-state index in [4.69, 9.17) is 9.88 Å². The molecule has 8 nitrogen and oxygen atoms in total. The molecule has 0 bridgehead atoms. The fourth-order valence-corrected chi connectivity index (χ4v) is 3.45. The zero-order valence-corrected chi connectivity index (χ0v) is 17.8. The fourth-order valence-electron chi connectivity index (χ4n) is 2.93. The van der Waals surface area contributed by atoms with Crippen LogP contribution in [0, 0.1) is 0 Å². The highest BCUT2D eigenvalue weighted by atomic mass is 32.2. The van der Waals surface area contributed by atoms with Crippen LogP contribution in [-0.2, 0) is 30.1 Å². The summed E-state index contributed by atoms with van der Waals surface area (Å²) in [4.78, 5) is 24.9. The van der Waals surface area contributed by atoms with Gasteiger partial charge in [0.2, 0.25) is 15.5 Å². The van der Waals surface area contributed by atoms with E-state index in [9.17, 15) is 18.0 Å². The van der Waals surface area contributed by atoms with Gasteiger partial charge < -0.3 is 14.6 Å². The number of aryl methyl sites for hydroxylation is 1. The molecule has 162 valence electrons. The molecule has 0 aliphatic carbocycles. The first-order chi connectivity index (χ1) is 14.7. The van der Waals surface area contributed by atoms with Crippen LogP contribution in [0.25, 0.3) is 0 Å². The van der Waals surface area contributed by atoms with Crippen LogP contribution in [0.1, 0.15) is 21.6 Å². The van der Waals surface area contributed by atoms with Gasteiger partial charge in [0, 0.05) is 19.7 Å². The Labute approximate surface area is 180 Å². The molecule has 3 N–H and O–H groups in total. The summed E-state index contributed by atoms with van der Waals surface area (Å²) in [5.41, 5.74) is 1.61. The first-order valence-corrected chi connectivity index (χ1v) is 11.1. The third-order valence-electron chi connectivity index (χ3n) is 4.62. The second-order valence-corrected chi connectivity index (χ2v) is 8.53. The number of primary sulfonamides is 1. The lowest BCUT2D eigenvalue weighted by molar-refractivity contribution is 0.0945. The third-order valence-corrected chi connectivity index (χ3v) is 5.55. The molecule has 31 heavy (non-hydrogen) atoms. The maximum Gasteiger partial charge on any atom is 0.268 e. The van der Waals surface area contributed by atoms with Crippen molar-refractivity contribution in [2.75, 3.05) is 6.54 Å². The topological polar surface area (TPSA) is 120 Å². The van der Waals surface area contributed by atoms with Gasteiger partial charge in [0.05, 0.1) is 11.1 Å². The Morgan fingerprint density at radius 3 is 2.39 bits per heavy atom. The number of pyridine rings is 1. The molecule has 0 saturated heterocycles. The Bertz CT molecular complexity index is 1220. The fraction of sp³-hybridized carbons (Fsp3) is 0.182. The number of carbonyl (C=O) groups excluding carboxylic acids is 1. The molecule has 0 aliphatic heterocycles. The molecule has 0 aliphatic rings. The van der Waals surface area contributed by atoms with E-state index in [0.29, 0.717) is 13.0 Å². The first-order valence-electron chi connectivity index (χ1n) is 9.51. The lowest BCUT2D eigenvalue weighted by atomic mass is 10.1. The second-order valence-electron chi connectivity index (χ2n) is 6.97. The van der Waals surface area contributed by atoms with Crippen molar-refractivity contribution in [3.05, 3.63) is 93.9 Å². The summed E-state index contributed by atoms with van der Waals surface area (Å²) in [5.74, 6) is -0.229. The highest BCUT2D eigenvalue weighted by Gasteiger charge is 2.13. The summed E-state index contributed by atoms with van der Waals surface area (Å²) in [7, 11) is -2.07. The van der Waals surface area contributed by atoms with Crippen molar-refractivity contribution in [3.63, 3.8) is 0 Å². The largest absolute Gasteiger partial charge is 0.483 e. The maximum atomic E-state index is 12.5. The van der Waals surface area contributed by atoms with Crippen LogP contribution in [0.2, 0.25) is 0 Å². The number of benzene rings is 2. The predicted octanol–water partition coefficient (Wildman–Crippen LogP) is 1.58. The molecule has 2 aromatic carbocycles. The summed E-state index contributed by atoms with van der Waals surface area (Å²) in [5, 5.41) is 7.83. The lowest BCUT2D eigenvalue weighted by Crippen LogP contribution is -2.29. The number of hydrogen-bond donors (Lipinski definition) is 2. The quantitative estimate of drug-likeness (QED) is 0.550. The minimum atomic E-state index is -3.73. The van der Waals surface area contributed by atoms with Crippen molar-refractivity contribution in [1.82, 2.24) is 9.88 Å². The van der Waals surface area contributed by atoms with Gasteiger partial charge in [-0.3, -0.25) is 9.59 Å². The van der Waals surface area contributed by atoms with Crippen LogP contribution >= 0.6 is 0 Å². The molecule has 0 radical (unpaired) electrons. The van der Waals surface area contributed by atoms with Gasteiger partial charge in [0.15, 0.2) is 5.75 Å². The van der Waals surface area contributed by atoms with Crippen LogP contribution in [0.5, 0.6) is 5.75 Å². The summed E-state index contributed by atoms with van der Waals surface area (Å²) in [6.07, 6.45) is 1.98. The van der Waals surface area contributed by atoms with E-state index in [1.54, 1.807) is 19.2 Å². The van der Waals surface area contributed by atoms with Crippen LogP contribution in [-0.4, -0.2) is 25.4 Å². The second kappa shape index (κ2) is 9.59. The van der Waals surface area contributed by atoms with Crippen LogP contribution in [0.15, 0.2) is 76.6 Å². The number of sulfonamides is 1. The molecule has 0 atom stereocenters. The van der Waals surface area contributed by atoms with Crippen LogP contribution in [0.3, 0.4) is 0 Å². The van der Waals surface area contributed by atoms with Gasteiger partial charge in [0.1, 0.15) is 12.3 Å². The number of ether oxygens (including phenoxy) is 1. The third kappa shape index (κ3) is 6.03. The lowest BCUT2D eigenvalue weighted by Gasteiger charge is -2.12. The average molecular weight is 442 g/mol. The number of amides is 1. The van der Waals surface area contributed by atoms with Crippen molar-refractivity contribution in [1.29, 1.82) is 0 Å². The number of carbonyl (C=O) groups is 1. The van der Waals surface area contributed by atoms with Crippen molar-refractivity contribution in [3.8, 4) is 5.75 Å². The molecular formula is C22H23N3O5S. The highest BCUT2D eigenvalue weighted by Crippen LogP contribution is 2.10. The van der Waals surface area contributed by atoms with E-state index in [2.05, 4.69) is 5.32 Å². The van der Waals surface area contributed by atoms with Gasteiger partial charge >= 0.3 is 0 Å². The van der Waals surface area contributed by atoms with Gasteiger partial charge in [-0.25, -0.2) is 13.6 Å². The molecule has 9 heteroatoms. The van der Waals surface area contributed by atoms with E-state index in [-0.39, 0.29) is 28.4 Å². The predicted molar refractivity (Wildman–Crippen MR) is 116 cm³/mol. The number of aromatic nitrogens is 1. The molecule has 1 aromatic heterocycles. The normalized spacial score (nSPS) is 11.2. The molecule has 0 spiro atoms. The van der Waals surface area contributed by atoms with E-state index >= 15 is 0 Å². The number of nitrogens with one attached hydrogen (secondary N) is 1. The molecule has 1 heterocycles. The number of nitrogens with two attached hydrogens (primary N) is 1. The molecule has 1 amide bonds. The summed E-state index contributed by atoms with van der Waals surface area (Å²) < 4.78 is 29.7. The van der Waals surface area contributed by atoms with Gasteiger partial charge in [-0.1, -0.05) is 42.5 Å². The first kappa shape index (κ1) is 22.3. The van der Waals surface area contributed by atoms with E-state index in [1.165, 1.54) is 29.0 Å². The van der Waals surface area contributed by atoms with Gasteiger partial charge in [-0.05, 0) is 29.7 Å². The smallest absolute Gasteiger partial charge is 0.268 e. The molecule has 0 fully saturated rings. The van der Waals surface area contributed by atoms with Gasteiger partial charge in [0.25, 0.3) is 5.91 Å². The Morgan fingerprint density at radius 2 is 1.74 bits per heavy atom. The molecule has 3 rings (SSSR count). The van der Waals surface area contributed by atoms with Crippen molar-refractivity contribution < 1.29 is 17.9 Å². The van der Waals surface area contributed by atoms with E-state index < -0.39 is 15.9 Å². The summed E-state index contributed by atoms with van der Waals surface area (Å²) in [6, 6.07) is 16.8. The Balaban J connectivity index is 1.58. The highest BCUT2D eigenvalue weighted by molar-refractivity contribution is 7.89. The molecule has 0 unspecified atom stereocenters. The molecule has 3 aromatic rings. The van der Waals surface area contributed by atoms with Gasteiger partial charge in [-0.15, -0.1) is 0 Å². The Hall–Kier alpha value is -3.43. The van der Waals surface area contributed by atoms with Crippen molar-refractivity contribution in [2.24, 2.45) is 12.2 Å². The van der Waals surface area contributed by atoms with E-state index in [1.807, 2.05) is 30.3 Å². The minimum Gasteiger partial charge on any atom is -0.483 e. The van der Waals surface area contributed by atoms with Gasteiger partial charge in [-0.2, -0.15) is 0 Å². The van der Waals surface area contributed by atoms with Crippen LogP contribution < -0.4 is 20.6 Å². The number of hydrogen-bond acceptors (Lipinski definition) is 5. The molecule has 0 saturated carbocycles. The monoisotopic (exact) mass is 441 g/mol. The zero-order valence-electron chi connectivity index (χ0n) is 16.9. The Kier molecular flexibility index (Phi) is 6.88.